The maximum atomic E-state index is 13.5. The fraction of sp³-hybridized carbons (Fsp3) is 0.533. The van der Waals surface area contributed by atoms with Crippen molar-refractivity contribution in [2.75, 3.05) is 19.6 Å². The summed E-state index contributed by atoms with van der Waals surface area (Å²) in [6, 6.07) is 6.25. The van der Waals surface area contributed by atoms with Crippen LogP contribution in [0.4, 0.5) is 4.39 Å². The van der Waals surface area contributed by atoms with Crippen molar-refractivity contribution in [3.8, 4) is 0 Å². The maximum absolute atomic E-state index is 13.5. The van der Waals surface area contributed by atoms with Gasteiger partial charge in [-0.2, -0.15) is 0 Å². The summed E-state index contributed by atoms with van der Waals surface area (Å²) in [5.41, 5.74) is 0.286. The highest BCUT2D eigenvalue weighted by Gasteiger charge is 2.21. The Hall–Kier alpha value is -1.62. The molecule has 0 aromatic heterocycles. The smallest absolute Gasteiger partial charge is 0.191 e. The summed E-state index contributed by atoms with van der Waals surface area (Å²) < 4.78 is 13.5. The van der Waals surface area contributed by atoms with Gasteiger partial charge in [-0.3, -0.25) is 4.99 Å². The van der Waals surface area contributed by atoms with Crippen molar-refractivity contribution < 1.29 is 9.50 Å². The topological polar surface area (TPSA) is 56.7 Å². The van der Waals surface area contributed by atoms with Crippen molar-refractivity contribution in [2.45, 2.75) is 25.9 Å². The van der Waals surface area contributed by atoms with Crippen molar-refractivity contribution in [2.24, 2.45) is 10.9 Å². The molecule has 110 valence electrons. The molecule has 4 nitrogen and oxygen atoms in total. The van der Waals surface area contributed by atoms with Crippen LogP contribution in [-0.4, -0.2) is 30.7 Å². The summed E-state index contributed by atoms with van der Waals surface area (Å²) in [7, 11) is 0. The minimum absolute atomic E-state index is 0.140. The van der Waals surface area contributed by atoms with E-state index >= 15 is 0 Å². The summed E-state index contributed by atoms with van der Waals surface area (Å²) in [6.45, 7) is 3.79. The molecule has 3 N–H and O–H groups in total. The average Bonchev–Trinajstić information content (AvgIpc) is 3.26. The highest BCUT2D eigenvalue weighted by Crippen LogP contribution is 2.27. The first-order chi connectivity index (χ1) is 9.70. The molecule has 20 heavy (non-hydrogen) atoms. The van der Waals surface area contributed by atoms with E-state index in [1.54, 1.807) is 18.2 Å². The van der Waals surface area contributed by atoms with Gasteiger partial charge >= 0.3 is 0 Å². The molecule has 1 aromatic carbocycles. The summed E-state index contributed by atoms with van der Waals surface area (Å²) in [6.07, 6.45) is 1.61. The quantitative estimate of drug-likeness (QED) is 0.550. The van der Waals surface area contributed by atoms with Crippen LogP contribution in [0, 0.1) is 11.7 Å². The number of nitrogens with one attached hydrogen (secondary N) is 2. The van der Waals surface area contributed by atoms with Gasteiger partial charge in [-0.1, -0.05) is 18.2 Å². The zero-order chi connectivity index (χ0) is 14.4. The Labute approximate surface area is 119 Å². The Bertz CT molecular complexity index is 460. The van der Waals surface area contributed by atoms with Gasteiger partial charge in [-0.05, 0) is 31.7 Å². The Balaban J connectivity index is 1.91. The highest BCUT2D eigenvalue weighted by atomic mass is 19.1. The molecule has 0 saturated heterocycles. The van der Waals surface area contributed by atoms with Gasteiger partial charge in [0, 0.05) is 18.7 Å². The first-order valence-corrected chi connectivity index (χ1v) is 7.15. The van der Waals surface area contributed by atoms with Crippen molar-refractivity contribution in [1.29, 1.82) is 0 Å². The third kappa shape index (κ3) is 4.49. The zero-order valence-corrected chi connectivity index (χ0v) is 11.8. The number of aliphatic hydroxyl groups excluding tert-OH is 1. The number of guanidine groups is 1. The van der Waals surface area contributed by atoms with Crippen molar-refractivity contribution in [1.82, 2.24) is 10.6 Å². The second-order valence-electron chi connectivity index (χ2n) is 5.08. The summed E-state index contributed by atoms with van der Waals surface area (Å²) in [5, 5.41) is 16.4. The molecule has 0 spiro atoms. The van der Waals surface area contributed by atoms with Crippen LogP contribution < -0.4 is 10.6 Å². The third-order valence-electron chi connectivity index (χ3n) is 3.29. The monoisotopic (exact) mass is 279 g/mol. The minimum atomic E-state index is -0.924. The van der Waals surface area contributed by atoms with Crippen LogP contribution in [0.2, 0.25) is 0 Å². The molecule has 1 fully saturated rings. The van der Waals surface area contributed by atoms with Crippen molar-refractivity contribution >= 4 is 5.96 Å². The molecule has 1 aliphatic rings. The molecular weight excluding hydrogens is 257 g/mol. The van der Waals surface area contributed by atoms with Gasteiger partial charge in [-0.15, -0.1) is 0 Å². The standard InChI is InChI=1S/C15H22FN3O/c1-2-17-15(18-9-11-7-8-11)19-10-14(20)12-5-3-4-6-13(12)16/h3-6,11,14,20H,2,7-10H2,1H3,(H2,17,18,19). The number of hydrogen-bond donors (Lipinski definition) is 3. The lowest BCUT2D eigenvalue weighted by Gasteiger charge is -2.13. The van der Waals surface area contributed by atoms with Gasteiger partial charge in [0.25, 0.3) is 0 Å². The lowest BCUT2D eigenvalue weighted by atomic mass is 10.1. The molecular formula is C15H22FN3O. The van der Waals surface area contributed by atoms with Gasteiger partial charge in [0.2, 0.25) is 0 Å². The molecule has 2 rings (SSSR count). The number of benzene rings is 1. The SMILES string of the molecule is CCNC(=NCC(O)c1ccccc1F)NCC1CC1. The lowest BCUT2D eigenvalue weighted by Crippen LogP contribution is -2.38. The fourth-order valence-electron chi connectivity index (χ4n) is 1.93. The minimum Gasteiger partial charge on any atom is -0.386 e. The lowest BCUT2D eigenvalue weighted by molar-refractivity contribution is 0.182. The number of halogens is 1. The average molecular weight is 279 g/mol. The summed E-state index contributed by atoms with van der Waals surface area (Å²) in [4.78, 5) is 4.31. The largest absolute Gasteiger partial charge is 0.386 e. The molecule has 1 aromatic rings. The molecule has 0 bridgehead atoms. The fourth-order valence-corrected chi connectivity index (χ4v) is 1.93. The molecule has 0 amide bonds. The van der Waals surface area contributed by atoms with Crippen molar-refractivity contribution in [3.05, 3.63) is 35.6 Å². The number of nitrogens with zero attached hydrogens (tertiary/aromatic N) is 1. The number of hydrogen-bond acceptors (Lipinski definition) is 2. The first kappa shape index (κ1) is 14.8. The number of rotatable bonds is 6. The van der Waals surface area contributed by atoms with Crippen LogP contribution in [0.5, 0.6) is 0 Å². The molecule has 5 heteroatoms. The molecule has 0 heterocycles. The maximum Gasteiger partial charge on any atom is 0.191 e. The molecule has 0 radical (unpaired) electrons. The van der Waals surface area contributed by atoms with Crippen LogP contribution in [-0.2, 0) is 0 Å². The third-order valence-corrected chi connectivity index (χ3v) is 3.29. The number of aliphatic hydroxyl groups is 1. The van der Waals surface area contributed by atoms with E-state index in [2.05, 4.69) is 15.6 Å². The van der Waals surface area contributed by atoms with Gasteiger partial charge < -0.3 is 15.7 Å². The van der Waals surface area contributed by atoms with Crippen LogP contribution in [0.3, 0.4) is 0 Å². The molecule has 1 aliphatic carbocycles. The van der Waals surface area contributed by atoms with Crippen LogP contribution in [0.1, 0.15) is 31.4 Å². The molecule has 1 unspecified atom stereocenters. The Morgan fingerprint density at radius 3 is 2.80 bits per heavy atom. The second kappa shape index (κ2) is 7.24. The first-order valence-electron chi connectivity index (χ1n) is 7.15. The van der Waals surface area contributed by atoms with E-state index in [1.807, 2.05) is 6.92 Å². The Morgan fingerprint density at radius 2 is 2.15 bits per heavy atom. The molecule has 1 atom stereocenters. The van der Waals surface area contributed by atoms with Crippen molar-refractivity contribution in [3.63, 3.8) is 0 Å². The number of aliphatic imine (C=N–C) groups is 1. The summed E-state index contributed by atoms with van der Waals surface area (Å²) >= 11 is 0. The van der Waals surface area contributed by atoms with E-state index in [0.717, 1.165) is 19.0 Å². The van der Waals surface area contributed by atoms with E-state index in [1.165, 1.54) is 18.9 Å². The normalized spacial score (nSPS) is 16.9. The van der Waals surface area contributed by atoms with Crippen LogP contribution >= 0.6 is 0 Å². The Kier molecular flexibility index (Phi) is 5.35. The molecule has 0 aliphatic heterocycles. The van der Waals surface area contributed by atoms with Gasteiger partial charge in [0.05, 0.1) is 6.54 Å². The van der Waals surface area contributed by atoms with E-state index in [-0.39, 0.29) is 12.1 Å². The van der Waals surface area contributed by atoms with Crippen LogP contribution in [0.15, 0.2) is 29.3 Å². The summed E-state index contributed by atoms with van der Waals surface area (Å²) in [5.74, 6) is 1.02. The second-order valence-corrected chi connectivity index (χ2v) is 5.08. The Morgan fingerprint density at radius 1 is 1.40 bits per heavy atom. The van der Waals surface area contributed by atoms with E-state index in [9.17, 15) is 9.50 Å². The van der Waals surface area contributed by atoms with Gasteiger partial charge in [-0.25, -0.2) is 4.39 Å². The molecule has 1 saturated carbocycles. The predicted octanol–water partition coefficient (Wildman–Crippen LogP) is 1.82. The zero-order valence-electron chi connectivity index (χ0n) is 11.8. The van der Waals surface area contributed by atoms with E-state index in [4.69, 9.17) is 0 Å². The van der Waals surface area contributed by atoms with Gasteiger partial charge in [0.15, 0.2) is 5.96 Å². The van der Waals surface area contributed by atoms with Gasteiger partial charge in [0.1, 0.15) is 11.9 Å². The highest BCUT2D eigenvalue weighted by molar-refractivity contribution is 5.79. The van der Waals surface area contributed by atoms with E-state index < -0.39 is 11.9 Å². The van der Waals surface area contributed by atoms with Crippen LogP contribution in [0.25, 0.3) is 0 Å². The predicted molar refractivity (Wildman–Crippen MR) is 78.1 cm³/mol. The van der Waals surface area contributed by atoms with E-state index in [0.29, 0.717) is 5.96 Å².